The van der Waals surface area contributed by atoms with E-state index in [0.717, 1.165) is 12.8 Å². The van der Waals surface area contributed by atoms with Gasteiger partial charge in [0.15, 0.2) is 0 Å². The predicted molar refractivity (Wildman–Crippen MR) is 87.9 cm³/mol. The summed E-state index contributed by atoms with van der Waals surface area (Å²) in [4.78, 5) is 23.0. The van der Waals surface area contributed by atoms with E-state index in [4.69, 9.17) is 5.11 Å². The molecule has 1 aliphatic heterocycles. The van der Waals surface area contributed by atoms with Gasteiger partial charge in [0.1, 0.15) is 6.04 Å². The number of hydrogen-bond donors (Lipinski definition) is 2. The van der Waals surface area contributed by atoms with Crippen molar-refractivity contribution >= 4 is 21.9 Å². The Balaban J connectivity index is 2.07. The molecular formula is C16H22N2O5S. The number of rotatable bonds is 7. The van der Waals surface area contributed by atoms with Crippen molar-refractivity contribution in [1.82, 2.24) is 9.62 Å². The first-order chi connectivity index (χ1) is 11.4. The monoisotopic (exact) mass is 354 g/mol. The number of carbonyl (C=O) groups excluding carboxylic acids is 1. The fraction of sp³-hybridized carbons (Fsp3) is 0.500. The number of aliphatic carboxylic acids is 1. The maximum atomic E-state index is 12.8. The van der Waals surface area contributed by atoms with Crippen molar-refractivity contribution in [1.29, 1.82) is 0 Å². The van der Waals surface area contributed by atoms with Gasteiger partial charge in [-0.25, -0.2) is 8.42 Å². The van der Waals surface area contributed by atoms with Gasteiger partial charge >= 0.3 is 5.97 Å². The molecule has 2 rings (SSSR count). The van der Waals surface area contributed by atoms with Crippen molar-refractivity contribution in [3.05, 3.63) is 30.3 Å². The molecule has 2 N–H and O–H groups in total. The number of piperidine rings is 1. The Morgan fingerprint density at radius 3 is 2.58 bits per heavy atom. The Labute approximate surface area is 141 Å². The molecule has 0 aliphatic carbocycles. The Morgan fingerprint density at radius 1 is 1.21 bits per heavy atom. The predicted octanol–water partition coefficient (Wildman–Crippen LogP) is 1.21. The Morgan fingerprint density at radius 2 is 1.92 bits per heavy atom. The summed E-state index contributed by atoms with van der Waals surface area (Å²) >= 11 is 0. The van der Waals surface area contributed by atoms with Crippen molar-refractivity contribution in [2.75, 3.05) is 13.1 Å². The van der Waals surface area contributed by atoms with Crippen LogP contribution in [0.3, 0.4) is 0 Å². The summed E-state index contributed by atoms with van der Waals surface area (Å²) < 4.78 is 26.8. The molecule has 8 heteroatoms. The summed E-state index contributed by atoms with van der Waals surface area (Å²) in [7, 11) is -3.72. The van der Waals surface area contributed by atoms with Gasteiger partial charge in [0.2, 0.25) is 15.9 Å². The largest absolute Gasteiger partial charge is 0.481 e. The van der Waals surface area contributed by atoms with E-state index >= 15 is 0 Å². The molecule has 1 aromatic rings. The average Bonchev–Trinajstić information content (AvgIpc) is 2.59. The van der Waals surface area contributed by atoms with Crippen LogP contribution in [0.1, 0.15) is 32.1 Å². The molecule has 1 atom stereocenters. The zero-order valence-corrected chi connectivity index (χ0v) is 14.2. The third-order valence-corrected chi connectivity index (χ3v) is 5.90. The number of hydrogen-bond acceptors (Lipinski definition) is 4. The van der Waals surface area contributed by atoms with Crippen molar-refractivity contribution in [2.24, 2.45) is 0 Å². The van der Waals surface area contributed by atoms with Crippen molar-refractivity contribution in [3.63, 3.8) is 0 Å². The number of nitrogens with zero attached hydrogens (tertiary/aromatic N) is 1. The number of benzene rings is 1. The molecule has 1 aliphatic rings. The Bertz CT molecular complexity index is 675. The Kier molecular flexibility index (Phi) is 6.33. The number of amides is 1. The van der Waals surface area contributed by atoms with E-state index in [2.05, 4.69) is 5.32 Å². The van der Waals surface area contributed by atoms with E-state index < -0.39 is 22.0 Å². The molecule has 0 bridgehead atoms. The van der Waals surface area contributed by atoms with E-state index in [1.807, 2.05) is 0 Å². The van der Waals surface area contributed by atoms with E-state index in [1.54, 1.807) is 18.2 Å². The quantitative estimate of drug-likeness (QED) is 0.716. The van der Waals surface area contributed by atoms with Gasteiger partial charge < -0.3 is 10.4 Å². The lowest BCUT2D eigenvalue weighted by molar-refractivity contribution is -0.137. The molecule has 1 fully saturated rings. The highest BCUT2D eigenvalue weighted by Gasteiger charge is 2.37. The summed E-state index contributed by atoms with van der Waals surface area (Å²) in [6.45, 7) is 0.533. The van der Waals surface area contributed by atoms with Gasteiger partial charge in [-0.2, -0.15) is 4.31 Å². The van der Waals surface area contributed by atoms with Gasteiger partial charge in [0, 0.05) is 19.5 Å². The van der Waals surface area contributed by atoms with E-state index in [0.29, 0.717) is 19.4 Å². The molecule has 132 valence electrons. The molecule has 7 nitrogen and oxygen atoms in total. The number of carbonyl (C=O) groups is 2. The minimum atomic E-state index is -3.72. The highest BCUT2D eigenvalue weighted by molar-refractivity contribution is 7.89. The molecule has 1 amide bonds. The fourth-order valence-electron chi connectivity index (χ4n) is 2.75. The first-order valence-corrected chi connectivity index (χ1v) is 9.43. The van der Waals surface area contributed by atoms with Gasteiger partial charge in [-0.1, -0.05) is 24.6 Å². The lowest BCUT2D eigenvalue weighted by atomic mass is 10.0. The van der Waals surface area contributed by atoms with Crippen molar-refractivity contribution in [2.45, 2.75) is 43.0 Å². The average molecular weight is 354 g/mol. The van der Waals surface area contributed by atoms with Crippen LogP contribution in [0.25, 0.3) is 0 Å². The van der Waals surface area contributed by atoms with E-state index in [-0.39, 0.29) is 23.8 Å². The standard InChI is InChI=1S/C16H22N2O5S/c19-15(20)10-6-11-17-16(21)14-9-4-5-12-18(14)24(22,23)13-7-2-1-3-8-13/h1-3,7-8,14H,4-6,9-12H2,(H,17,21)(H,19,20). The normalized spacial score (nSPS) is 18.9. The highest BCUT2D eigenvalue weighted by Crippen LogP contribution is 2.25. The minimum Gasteiger partial charge on any atom is -0.481 e. The highest BCUT2D eigenvalue weighted by atomic mass is 32.2. The van der Waals surface area contributed by atoms with Gasteiger partial charge in [-0.15, -0.1) is 0 Å². The molecule has 1 saturated heterocycles. The number of carboxylic acid groups (broad SMARTS) is 1. The van der Waals surface area contributed by atoms with Crippen LogP contribution in [0.2, 0.25) is 0 Å². The number of nitrogens with one attached hydrogen (secondary N) is 1. The summed E-state index contributed by atoms with van der Waals surface area (Å²) in [5, 5.41) is 11.3. The third-order valence-electron chi connectivity index (χ3n) is 3.97. The summed E-state index contributed by atoms with van der Waals surface area (Å²) in [6.07, 6.45) is 2.26. The van der Waals surface area contributed by atoms with Crippen molar-refractivity contribution < 1.29 is 23.1 Å². The Hall–Kier alpha value is -1.93. The van der Waals surface area contributed by atoms with E-state index in [1.165, 1.54) is 16.4 Å². The summed E-state index contributed by atoms with van der Waals surface area (Å²) in [5.41, 5.74) is 0. The second-order valence-electron chi connectivity index (χ2n) is 5.73. The maximum Gasteiger partial charge on any atom is 0.303 e. The molecule has 1 heterocycles. The first kappa shape index (κ1) is 18.4. The molecule has 0 aromatic heterocycles. The van der Waals surface area contributed by atoms with Crippen LogP contribution >= 0.6 is 0 Å². The zero-order valence-electron chi connectivity index (χ0n) is 13.3. The summed E-state index contributed by atoms with van der Waals surface area (Å²) in [6, 6.07) is 7.34. The summed E-state index contributed by atoms with van der Waals surface area (Å²) in [5.74, 6) is -1.28. The zero-order chi connectivity index (χ0) is 17.6. The lowest BCUT2D eigenvalue weighted by Gasteiger charge is -2.33. The topological polar surface area (TPSA) is 104 Å². The maximum absolute atomic E-state index is 12.8. The number of carboxylic acids is 1. The van der Waals surface area contributed by atoms with Crippen LogP contribution in [-0.2, 0) is 19.6 Å². The molecule has 24 heavy (non-hydrogen) atoms. The molecule has 0 spiro atoms. The van der Waals surface area contributed by atoms with Gasteiger partial charge in [0.25, 0.3) is 0 Å². The third kappa shape index (κ3) is 4.55. The van der Waals surface area contributed by atoms with Crippen LogP contribution in [-0.4, -0.2) is 48.8 Å². The van der Waals surface area contributed by atoms with Gasteiger partial charge in [-0.05, 0) is 31.4 Å². The molecule has 1 unspecified atom stereocenters. The molecular weight excluding hydrogens is 332 g/mol. The molecule has 0 radical (unpaired) electrons. The second-order valence-corrected chi connectivity index (χ2v) is 7.62. The molecule has 0 saturated carbocycles. The van der Waals surface area contributed by atoms with Crippen LogP contribution in [0.4, 0.5) is 0 Å². The fourth-order valence-corrected chi connectivity index (χ4v) is 4.43. The second kappa shape index (κ2) is 8.25. The SMILES string of the molecule is O=C(O)CCCNC(=O)C1CCCCN1S(=O)(=O)c1ccccc1. The van der Waals surface area contributed by atoms with Gasteiger partial charge in [0.05, 0.1) is 4.90 Å². The lowest BCUT2D eigenvalue weighted by Crippen LogP contribution is -2.51. The van der Waals surface area contributed by atoms with Crippen LogP contribution in [0.5, 0.6) is 0 Å². The number of sulfonamides is 1. The van der Waals surface area contributed by atoms with Crippen LogP contribution < -0.4 is 5.32 Å². The minimum absolute atomic E-state index is 0.0308. The first-order valence-electron chi connectivity index (χ1n) is 7.99. The van der Waals surface area contributed by atoms with Gasteiger partial charge in [-0.3, -0.25) is 9.59 Å². The molecule has 1 aromatic carbocycles. The smallest absolute Gasteiger partial charge is 0.303 e. The van der Waals surface area contributed by atoms with Crippen molar-refractivity contribution in [3.8, 4) is 0 Å². The van der Waals surface area contributed by atoms with Crippen LogP contribution in [0, 0.1) is 0 Å². The van der Waals surface area contributed by atoms with E-state index in [9.17, 15) is 18.0 Å². The van der Waals surface area contributed by atoms with Crippen LogP contribution in [0.15, 0.2) is 35.2 Å².